The number of benzene rings is 1. The fraction of sp³-hybridized carbons (Fsp3) is 0.211. The number of amides is 1. The molecule has 3 rings (SSSR count). The molecule has 1 N–H and O–H groups in total. The molecule has 1 amide bonds. The normalized spacial score (nSPS) is 10.5. The lowest BCUT2D eigenvalue weighted by Gasteiger charge is -2.09. The van der Waals surface area contributed by atoms with Crippen molar-refractivity contribution in [3.63, 3.8) is 0 Å². The summed E-state index contributed by atoms with van der Waals surface area (Å²) in [6, 6.07) is 15.8. The van der Waals surface area contributed by atoms with Gasteiger partial charge in [0.15, 0.2) is 0 Å². The Morgan fingerprint density at radius 1 is 1.12 bits per heavy atom. The number of carbonyl (C=O) groups excluding carboxylic acids is 1. The van der Waals surface area contributed by atoms with Crippen LogP contribution in [-0.2, 0) is 17.8 Å². The fourth-order valence-electron chi connectivity index (χ4n) is 2.54. The molecule has 2 aromatic heterocycles. The van der Waals surface area contributed by atoms with Crippen molar-refractivity contribution in [1.82, 2.24) is 14.8 Å². The van der Waals surface area contributed by atoms with Crippen LogP contribution in [-0.4, -0.2) is 20.7 Å². The molecule has 0 aliphatic rings. The van der Waals surface area contributed by atoms with Crippen molar-refractivity contribution in [2.75, 3.05) is 5.32 Å². The molecule has 0 unspecified atom stereocenters. The first-order chi connectivity index (χ1) is 11.7. The minimum Gasteiger partial charge on any atom is -0.311 e. The van der Waals surface area contributed by atoms with E-state index in [2.05, 4.69) is 40.5 Å². The van der Waals surface area contributed by atoms with Gasteiger partial charge in [-0.25, -0.2) is 4.68 Å². The van der Waals surface area contributed by atoms with Crippen LogP contribution in [0.1, 0.15) is 23.2 Å². The van der Waals surface area contributed by atoms with Crippen molar-refractivity contribution in [3.05, 3.63) is 77.7 Å². The van der Waals surface area contributed by atoms with E-state index in [1.54, 1.807) is 17.1 Å². The molecule has 122 valence electrons. The van der Waals surface area contributed by atoms with Gasteiger partial charge in [-0.2, -0.15) is 5.10 Å². The van der Waals surface area contributed by atoms with Gasteiger partial charge in [0.2, 0.25) is 5.91 Å². The van der Waals surface area contributed by atoms with Crippen LogP contribution < -0.4 is 5.32 Å². The number of nitrogens with zero attached hydrogens (tertiary/aromatic N) is 3. The molecular formula is C19H20N4O. The molecular weight excluding hydrogens is 300 g/mol. The molecule has 0 atom stereocenters. The Hall–Kier alpha value is -2.95. The van der Waals surface area contributed by atoms with Crippen LogP contribution in [0.2, 0.25) is 0 Å². The Morgan fingerprint density at radius 3 is 2.83 bits per heavy atom. The zero-order valence-corrected chi connectivity index (χ0v) is 13.6. The third-order valence-corrected chi connectivity index (χ3v) is 3.73. The number of rotatable bonds is 6. The molecule has 0 spiro atoms. The Bertz CT molecular complexity index is 811. The van der Waals surface area contributed by atoms with Gasteiger partial charge < -0.3 is 5.32 Å². The largest absolute Gasteiger partial charge is 0.311 e. The van der Waals surface area contributed by atoms with Gasteiger partial charge in [0.1, 0.15) is 5.82 Å². The minimum atomic E-state index is -0.0355. The van der Waals surface area contributed by atoms with Gasteiger partial charge in [-0.3, -0.25) is 9.78 Å². The summed E-state index contributed by atoms with van der Waals surface area (Å²) in [5.74, 6) is 0.675. The molecule has 0 radical (unpaired) electrons. The predicted octanol–water partition coefficient (Wildman–Crippen LogP) is 3.21. The zero-order chi connectivity index (χ0) is 16.8. The summed E-state index contributed by atoms with van der Waals surface area (Å²) in [6.07, 6.45) is 4.46. The number of hydrogen-bond donors (Lipinski definition) is 1. The number of nitrogens with one attached hydrogen (secondary N) is 1. The Labute approximate surface area is 141 Å². The average Bonchev–Trinajstić information content (AvgIpc) is 3.01. The van der Waals surface area contributed by atoms with E-state index in [-0.39, 0.29) is 5.91 Å². The van der Waals surface area contributed by atoms with Crippen molar-refractivity contribution in [3.8, 4) is 0 Å². The highest BCUT2D eigenvalue weighted by Crippen LogP contribution is 2.12. The van der Waals surface area contributed by atoms with E-state index in [0.717, 1.165) is 11.3 Å². The molecule has 0 fully saturated rings. The Kier molecular flexibility index (Phi) is 5.01. The van der Waals surface area contributed by atoms with E-state index in [0.29, 0.717) is 25.2 Å². The van der Waals surface area contributed by atoms with E-state index >= 15 is 0 Å². The van der Waals surface area contributed by atoms with Crippen LogP contribution in [0.3, 0.4) is 0 Å². The second-order valence-corrected chi connectivity index (χ2v) is 5.73. The first-order valence-corrected chi connectivity index (χ1v) is 7.98. The van der Waals surface area contributed by atoms with Crippen LogP contribution in [0.4, 0.5) is 5.82 Å². The smallest absolute Gasteiger partial charge is 0.225 e. The van der Waals surface area contributed by atoms with Gasteiger partial charge in [0, 0.05) is 24.4 Å². The summed E-state index contributed by atoms with van der Waals surface area (Å²) in [4.78, 5) is 16.4. The molecule has 5 nitrogen and oxygen atoms in total. The number of aryl methyl sites for hydroxylation is 2. The van der Waals surface area contributed by atoms with E-state index in [9.17, 15) is 4.79 Å². The average molecular weight is 320 g/mol. The van der Waals surface area contributed by atoms with E-state index in [4.69, 9.17) is 0 Å². The lowest BCUT2D eigenvalue weighted by atomic mass is 10.1. The van der Waals surface area contributed by atoms with E-state index in [1.165, 1.54) is 5.56 Å². The Morgan fingerprint density at radius 2 is 2.04 bits per heavy atom. The standard InChI is InChI=1S/C19H20N4O/c1-15-5-4-6-16(13-15)14-23-18(10-12-21-23)22-19(24)9-8-17-7-2-3-11-20-17/h2-7,10-13H,8-9,14H2,1H3,(H,22,24). The van der Waals surface area contributed by atoms with Gasteiger partial charge in [-0.15, -0.1) is 0 Å². The fourth-order valence-corrected chi connectivity index (χ4v) is 2.54. The van der Waals surface area contributed by atoms with Crippen molar-refractivity contribution >= 4 is 11.7 Å². The molecule has 0 bridgehead atoms. The SMILES string of the molecule is Cc1cccc(Cn2nccc2NC(=O)CCc2ccccn2)c1. The lowest BCUT2D eigenvalue weighted by molar-refractivity contribution is -0.116. The topological polar surface area (TPSA) is 59.8 Å². The minimum absolute atomic E-state index is 0.0355. The molecule has 5 heteroatoms. The first kappa shape index (κ1) is 15.9. The van der Waals surface area contributed by atoms with Gasteiger partial charge >= 0.3 is 0 Å². The third-order valence-electron chi connectivity index (χ3n) is 3.73. The van der Waals surface area contributed by atoms with Gasteiger partial charge in [-0.1, -0.05) is 35.9 Å². The number of anilines is 1. The summed E-state index contributed by atoms with van der Waals surface area (Å²) < 4.78 is 1.80. The quantitative estimate of drug-likeness (QED) is 0.758. The van der Waals surface area contributed by atoms with Crippen LogP contribution >= 0.6 is 0 Å². The number of pyridine rings is 1. The summed E-state index contributed by atoms with van der Waals surface area (Å²) in [5, 5.41) is 7.23. The maximum Gasteiger partial charge on any atom is 0.225 e. The lowest BCUT2D eigenvalue weighted by Crippen LogP contribution is -2.16. The third kappa shape index (κ3) is 4.29. The van der Waals surface area contributed by atoms with Crippen molar-refractivity contribution in [2.24, 2.45) is 0 Å². The number of hydrogen-bond acceptors (Lipinski definition) is 3. The highest BCUT2D eigenvalue weighted by atomic mass is 16.1. The van der Waals surface area contributed by atoms with Crippen molar-refractivity contribution in [1.29, 1.82) is 0 Å². The first-order valence-electron chi connectivity index (χ1n) is 7.98. The van der Waals surface area contributed by atoms with Crippen LogP contribution in [0.5, 0.6) is 0 Å². The molecule has 0 saturated heterocycles. The van der Waals surface area contributed by atoms with Crippen LogP contribution in [0.15, 0.2) is 60.9 Å². The van der Waals surface area contributed by atoms with E-state index in [1.807, 2.05) is 30.3 Å². The van der Waals surface area contributed by atoms with Gasteiger partial charge in [0.25, 0.3) is 0 Å². The monoisotopic (exact) mass is 320 g/mol. The summed E-state index contributed by atoms with van der Waals surface area (Å²) in [6.45, 7) is 2.69. The molecule has 24 heavy (non-hydrogen) atoms. The molecule has 0 aliphatic carbocycles. The molecule has 0 saturated carbocycles. The maximum absolute atomic E-state index is 12.2. The summed E-state index contributed by atoms with van der Waals surface area (Å²) >= 11 is 0. The Balaban J connectivity index is 1.59. The second-order valence-electron chi connectivity index (χ2n) is 5.73. The van der Waals surface area contributed by atoms with Crippen LogP contribution in [0.25, 0.3) is 0 Å². The predicted molar refractivity (Wildman–Crippen MR) is 93.7 cm³/mol. The molecule has 1 aromatic carbocycles. The molecule has 0 aliphatic heterocycles. The highest BCUT2D eigenvalue weighted by molar-refractivity contribution is 5.89. The van der Waals surface area contributed by atoms with Crippen molar-refractivity contribution < 1.29 is 4.79 Å². The summed E-state index contributed by atoms with van der Waals surface area (Å²) in [7, 11) is 0. The number of aromatic nitrogens is 3. The number of carbonyl (C=O) groups is 1. The summed E-state index contributed by atoms with van der Waals surface area (Å²) in [5.41, 5.74) is 3.28. The zero-order valence-electron chi connectivity index (χ0n) is 13.6. The van der Waals surface area contributed by atoms with Gasteiger partial charge in [-0.05, 0) is 31.0 Å². The second kappa shape index (κ2) is 7.55. The van der Waals surface area contributed by atoms with Crippen LogP contribution in [0, 0.1) is 6.92 Å². The van der Waals surface area contributed by atoms with E-state index < -0.39 is 0 Å². The molecule has 3 aromatic rings. The van der Waals surface area contributed by atoms with Crippen molar-refractivity contribution in [2.45, 2.75) is 26.3 Å². The molecule has 2 heterocycles. The maximum atomic E-state index is 12.2. The highest BCUT2D eigenvalue weighted by Gasteiger charge is 2.08. The van der Waals surface area contributed by atoms with Gasteiger partial charge in [0.05, 0.1) is 12.7 Å².